The lowest BCUT2D eigenvalue weighted by atomic mass is 9.33. The Labute approximate surface area is 240 Å². The number of ether oxygens (including phenoxy) is 1. The fourth-order valence-corrected chi connectivity index (χ4v) is 11.0. The van der Waals surface area contributed by atoms with E-state index >= 15 is 0 Å². The molecule has 5 aliphatic rings. The van der Waals surface area contributed by atoms with Crippen LogP contribution in [0.4, 0.5) is 0 Å². The highest BCUT2D eigenvalue weighted by Gasteiger charge is 2.70. The maximum atomic E-state index is 14.4. The first-order valence-corrected chi connectivity index (χ1v) is 15.5. The fraction of sp³-hybridized carbons (Fsp3) is 0.824. The summed E-state index contributed by atoms with van der Waals surface area (Å²) in [5, 5.41) is 10.1. The van der Waals surface area contributed by atoms with Gasteiger partial charge in [0.1, 0.15) is 18.3 Å². The number of rotatable bonds is 4. The van der Waals surface area contributed by atoms with Crippen molar-refractivity contribution in [3.05, 3.63) is 11.6 Å². The molecule has 40 heavy (non-hydrogen) atoms. The Balaban J connectivity index is 1.52. The van der Waals surface area contributed by atoms with Gasteiger partial charge in [-0.3, -0.25) is 19.2 Å². The number of allylic oxidation sites excluding steroid dienone is 2. The fourth-order valence-electron chi connectivity index (χ4n) is 11.0. The molecule has 9 unspecified atom stereocenters. The number of aliphatic carboxylic acids is 1. The third-order valence-corrected chi connectivity index (χ3v) is 13.7. The highest BCUT2D eigenvalue weighted by atomic mass is 16.5. The smallest absolute Gasteiger partial charge is 0.313 e. The van der Waals surface area contributed by atoms with Gasteiger partial charge in [-0.15, -0.1) is 0 Å². The summed E-state index contributed by atoms with van der Waals surface area (Å²) in [4.78, 5) is 50.7. The molecule has 0 aromatic carbocycles. The van der Waals surface area contributed by atoms with Crippen LogP contribution in [-0.2, 0) is 23.9 Å². The highest BCUT2D eigenvalue weighted by Crippen LogP contribution is 2.75. The summed E-state index contributed by atoms with van der Waals surface area (Å²) in [6, 6.07) is 0. The van der Waals surface area contributed by atoms with Crippen molar-refractivity contribution in [1.29, 1.82) is 0 Å². The minimum atomic E-state index is -0.754. The second kappa shape index (κ2) is 9.01. The first-order chi connectivity index (χ1) is 18.3. The van der Waals surface area contributed by atoms with E-state index in [0.717, 1.165) is 38.5 Å². The zero-order chi connectivity index (χ0) is 29.7. The monoisotopic (exact) mass is 554 g/mol. The number of hydrogen-bond donors (Lipinski definition) is 1. The second-order valence-electron chi connectivity index (χ2n) is 16.3. The van der Waals surface area contributed by atoms with Crippen molar-refractivity contribution in [1.82, 2.24) is 0 Å². The summed E-state index contributed by atoms with van der Waals surface area (Å²) in [5.41, 5.74) is -0.411. The number of hydrogen-bond acceptors (Lipinski definition) is 5. The van der Waals surface area contributed by atoms with Crippen LogP contribution in [0.1, 0.15) is 120 Å². The maximum Gasteiger partial charge on any atom is 0.313 e. The predicted octanol–water partition coefficient (Wildman–Crippen LogP) is 6.94. The molecule has 0 saturated heterocycles. The first-order valence-electron chi connectivity index (χ1n) is 15.5. The molecular formula is C34H50O6. The zero-order valence-corrected chi connectivity index (χ0v) is 25.9. The molecule has 9 atom stereocenters. The van der Waals surface area contributed by atoms with Gasteiger partial charge in [-0.2, -0.15) is 0 Å². The molecule has 0 spiro atoms. The van der Waals surface area contributed by atoms with E-state index < -0.39 is 17.4 Å². The van der Waals surface area contributed by atoms with Crippen LogP contribution in [0.25, 0.3) is 0 Å². The molecule has 0 heterocycles. The summed E-state index contributed by atoms with van der Waals surface area (Å²) >= 11 is 0. The number of ketones is 2. The molecule has 0 amide bonds. The van der Waals surface area contributed by atoms with E-state index in [4.69, 9.17) is 4.74 Å². The molecule has 222 valence electrons. The van der Waals surface area contributed by atoms with Crippen molar-refractivity contribution in [3.8, 4) is 0 Å². The molecule has 4 saturated carbocycles. The number of esters is 1. The van der Waals surface area contributed by atoms with E-state index in [2.05, 4.69) is 41.5 Å². The minimum absolute atomic E-state index is 0.0364. The molecule has 6 heteroatoms. The largest absolute Gasteiger partial charge is 0.481 e. The molecule has 0 aliphatic heterocycles. The van der Waals surface area contributed by atoms with Crippen LogP contribution in [0.2, 0.25) is 0 Å². The summed E-state index contributed by atoms with van der Waals surface area (Å²) in [5.74, 6) is -0.939. The number of carboxylic acids is 1. The van der Waals surface area contributed by atoms with Gasteiger partial charge in [0.15, 0.2) is 5.78 Å². The predicted molar refractivity (Wildman–Crippen MR) is 152 cm³/mol. The van der Waals surface area contributed by atoms with E-state index in [1.165, 1.54) is 12.5 Å². The molecule has 5 aliphatic carbocycles. The minimum Gasteiger partial charge on any atom is -0.481 e. The maximum absolute atomic E-state index is 14.4. The Morgan fingerprint density at radius 3 is 2.20 bits per heavy atom. The molecular weight excluding hydrogens is 504 g/mol. The van der Waals surface area contributed by atoms with Gasteiger partial charge in [0.2, 0.25) is 0 Å². The van der Waals surface area contributed by atoms with Gasteiger partial charge < -0.3 is 9.84 Å². The van der Waals surface area contributed by atoms with Gasteiger partial charge in [-0.25, -0.2) is 0 Å². The lowest BCUT2D eigenvalue weighted by molar-refractivity contribution is -0.211. The normalized spacial score (nSPS) is 47.5. The molecule has 4 fully saturated rings. The quantitative estimate of drug-likeness (QED) is 0.298. The lowest BCUT2D eigenvalue weighted by Crippen LogP contribution is -2.66. The van der Waals surface area contributed by atoms with Crippen LogP contribution in [0.15, 0.2) is 11.6 Å². The summed E-state index contributed by atoms with van der Waals surface area (Å²) in [6.07, 6.45) is 9.20. The second-order valence-corrected chi connectivity index (χ2v) is 16.3. The average Bonchev–Trinajstić information content (AvgIpc) is 2.82. The molecule has 0 radical (unpaired) electrons. The number of carboxylic acid groups (broad SMARTS) is 1. The number of carbonyl (C=O) groups excluding carboxylic acids is 3. The SMILES string of the molecule is CC(=O)CC(=O)OC1CCC2(C)C(CCC3(C)C2C(=O)C=C2C4CC(C)(C(=O)O)CCC4(C)CCC23C)C1(C)C. The van der Waals surface area contributed by atoms with Gasteiger partial charge in [0.05, 0.1) is 5.41 Å². The van der Waals surface area contributed by atoms with Gasteiger partial charge in [0, 0.05) is 11.3 Å². The van der Waals surface area contributed by atoms with Gasteiger partial charge in [0.25, 0.3) is 0 Å². The third kappa shape index (κ3) is 3.93. The van der Waals surface area contributed by atoms with Gasteiger partial charge in [-0.1, -0.05) is 47.1 Å². The topological polar surface area (TPSA) is 97.7 Å². The number of Topliss-reactive ketones (excluding diaryl/α,β-unsaturated/α-hetero) is 1. The Morgan fingerprint density at radius 1 is 0.925 bits per heavy atom. The zero-order valence-electron chi connectivity index (χ0n) is 25.9. The van der Waals surface area contributed by atoms with E-state index in [1.54, 1.807) is 0 Å². The van der Waals surface area contributed by atoms with Crippen LogP contribution in [0.3, 0.4) is 0 Å². The van der Waals surface area contributed by atoms with E-state index in [1.807, 2.05) is 13.0 Å². The Kier molecular flexibility index (Phi) is 6.65. The first kappa shape index (κ1) is 29.5. The van der Waals surface area contributed by atoms with Crippen LogP contribution in [0.5, 0.6) is 0 Å². The van der Waals surface area contributed by atoms with E-state index in [9.17, 15) is 24.3 Å². The van der Waals surface area contributed by atoms with Crippen LogP contribution >= 0.6 is 0 Å². The Hall–Kier alpha value is -1.98. The standard InChI is InChI=1S/C34H50O6/c1-20(35)17-26(37)40-25-10-11-32(6)24(29(25,2)3)9-12-34(8)27(32)23(36)18-21-22-19-31(5,28(38)39)14-13-30(22,4)15-16-33(21,34)7/h18,22,24-25,27H,9-17,19H2,1-8H3,(H,38,39). The summed E-state index contributed by atoms with van der Waals surface area (Å²) in [7, 11) is 0. The summed E-state index contributed by atoms with van der Waals surface area (Å²) in [6.45, 7) is 17.0. The average molecular weight is 555 g/mol. The molecule has 1 N–H and O–H groups in total. The molecule has 6 nitrogen and oxygen atoms in total. The van der Waals surface area contributed by atoms with Crippen molar-refractivity contribution in [3.63, 3.8) is 0 Å². The summed E-state index contributed by atoms with van der Waals surface area (Å²) < 4.78 is 5.91. The van der Waals surface area contributed by atoms with E-state index in [0.29, 0.717) is 19.3 Å². The van der Waals surface area contributed by atoms with Crippen LogP contribution < -0.4 is 0 Å². The third-order valence-electron chi connectivity index (χ3n) is 13.7. The Bertz CT molecular complexity index is 1180. The van der Waals surface area contributed by atoms with Crippen LogP contribution in [0, 0.1) is 50.2 Å². The van der Waals surface area contributed by atoms with Crippen molar-refractivity contribution >= 4 is 23.5 Å². The lowest BCUT2D eigenvalue weighted by Gasteiger charge is -2.70. The highest BCUT2D eigenvalue weighted by molar-refractivity contribution is 5.96. The molecule has 5 rings (SSSR count). The Morgan fingerprint density at radius 2 is 1.57 bits per heavy atom. The van der Waals surface area contributed by atoms with Crippen molar-refractivity contribution in [2.75, 3.05) is 0 Å². The van der Waals surface area contributed by atoms with Crippen molar-refractivity contribution in [2.24, 2.45) is 50.2 Å². The van der Waals surface area contributed by atoms with Gasteiger partial charge >= 0.3 is 11.9 Å². The van der Waals surface area contributed by atoms with E-state index in [-0.39, 0.29) is 68.9 Å². The number of fused-ring (bicyclic) bond motifs is 7. The molecule has 0 bridgehead atoms. The van der Waals surface area contributed by atoms with Gasteiger partial charge in [-0.05, 0) is 111 Å². The molecule has 0 aromatic rings. The van der Waals surface area contributed by atoms with Crippen LogP contribution in [-0.4, -0.2) is 34.7 Å². The number of carbonyl (C=O) groups is 4. The van der Waals surface area contributed by atoms with Crippen molar-refractivity contribution < 1.29 is 29.0 Å². The van der Waals surface area contributed by atoms with Crippen molar-refractivity contribution in [2.45, 2.75) is 126 Å². The molecule has 0 aromatic heterocycles.